The van der Waals surface area contributed by atoms with Gasteiger partial charge in [-0.05, 0) is 47.3 Å². The maximum absolute atomic E-state index is 10.2. The number of hydrogen-bond acceptors (Lipinski definition) is 1. The highest BCUT2D eigenvalue weighted by atomic mass is 16.3. The van der Waals surface area contributed by atoms with E-state index in [4.69, 9.17) is 0 Å². The summed E-state index contributed by atoms with van der Waals surface area (Å²) in [6.45, 7) is 4.50. The maximum Gasteiger partial charge on any atom is 0.0824 e. The van der Waals surface area contributed by atoms with Crippen LogP contribution in [0.25, 0.3) is 0 Å². The van der Waals surface area contributed by atoms with Crippen molar-refractivity contribution in [3.8, 4) is 0 Å². The first-order valence-electron chi connectivity index (χ1n) is 6.01. The Labute approximate surface area is 91.1 Å². The zero-order chi connectivity index (χ0) is 10.6. The lowest BCUT2D eigenvalue weighted by Crippen LogP contribution is -2.14. The van der Waals surface area contributed by atoms with Gasteiger partial charge in [-0.2, -0.15) is 0 Å². The lowest BCUT2D eigenvalue weighted by atomic mass is 9.76. The predicted molar refractivity (Wildman–Crippen MR) is 61.0 cm³/mol. The third-order valence-corrected chi connectivity index (χ3v) is 4.44. The minimum atomic E-state index is -0.227. The molecule has 0 heterocycles. The molecule has 0 aliphatic heterocycles. The van der Waals surface area contributed by atoms with Crippen molar-refractivity contribution in [2.24, 2.45) is 5.92 Å². The van der Waals surface area contributed by atoms with Gasteiger partial charge in [-0.15, -0.1) is 0 Å². The summed E-state index contributed by atoms with van der Waals surface area (Å²) < 4.78 is 0. The van der Waals surface area contributed by atoms with E-state index in [0.29, 0.717) is 17.8 Å². The molecule has 0 amide bonds. The Balaban J connectivity index is 2.22. The number of hydrogen-bond donors (Lipinski definition) is 1. The van der Waals surface area contributed by atoms with Crippen LogP contribution >= 0.6 is 0 Å². The molecular formula is C14H18O. The van der Waals surface area contributed by atoms with Gasteiger partial charge in [-0.25, -0.2) is 0 Å². The molecule has 1 aromatic rings. The first-order valence-corrected chi connectivity index (χ1v) is 6.01. The van der Waals surface area contributed by atoms with Gasteiger partial charge < -0.3 is 5.11 Å². The van der Waals surface area contributed by atoms with Gasteiger partial charge in [0.05, 0.1) is 6.10 Å². The van der Waals surface area contributed by atoms with E-state index in [2.05, 4.69) is 32.0 Å². The van der Waals surface area contributed by atoms with E-state index >= 15 is 0 Å². The molecule has 0 saturated carbocycles. The zero-order valence-electron chi connectivity index (χ0n) is 9.40. The molecule has 80 valence electrons. The SMILES string of the molecule is CC1CCC2c3c1cccc3C(O)C2C. The molecule has 1 aromatic carbocycles. The normalized spacial score (nSPS) is 37.8. The summed E-state index contributed by atoms with van der Waals surface area (Å²) in [6.07, 6.45) is 2.30. The molecule has 15 heavy (non-hydrogen) atoms. The van der Waals surface area contributed by atoms with Crippen LogP contribution in [0.5, 0.6) is 0 Å². The van der Waals surface area contributed by atoms with Crippen LogP contribution in [-0.2, 0) is 0 Å². The Kier molecular flexibility index (Phi) is 1.93. The molecule has 1 N–H and O–H groups in total. The summed E-state index contributed by atoms with van der Waals surface area (Å²) in [6, 6.07) is 6.47. The quantitative estimate of drug-likeness (QED) is 0.684. The number of aliphatic hydroxyl groups excluding tert-OH is 1. The lowest BCUT2D eigenvalue weighted by Gasteiger charge is -2.28. The molecule has 0 spiro atoms. The van der Waals surface area contributed by atoms with Crippen molar-refractivity contribution < 1.29 is 5.11 Å². The van der Waals surface area contributed by atoms with Crippen molar-refractivity contribution in [2.75, 3.05) is 0 Å². The van der Waals surface area contributed by atoms with E-state index in [1.54, 1.807) is 0 Å². The third-order valence-electron chi connectivity index (χ3n) is 4.44. The second-order valence-corrected chi connectivity index (χ2v) is 5.24. The standard InChI is InChI=1S/C14H18O/c1-8-6-7-11-9(2)14(15)12-5-3-4-10(8)13(11)12/h3-5,8-9,11,14-15H,6-7H2,1-2H3. The van der Waals surface area contributed by atoms with Crippen LogP contribution in [0.2, 0.25) is 0 Å². The summed E-state index contributed by atoms with van der Waals surface area (Å²) in [5.74, 6) is 1.70. The number of benzene rings is 1. The van der Waals surface area contributed by atoms with E-state index < -0.39 is 0 Å². The van der Waals surface area contributed by atoms with Crippen LogP contribution in [0.15, 0.2) is 18.2 Å². The van der Waals surface area contributed by atoms with Gasteiger partial charge in [0.15, 0.2) is 0 Å². The van der Waals surface area contributed by atoms with Gasteiger partial charge in [-0.1, -0.05) is 32.0 Å². The van der Waals surface area contributed by atoms with E-state index in [-0.39, 0.29) is 6.10 Å². The Morgan fingerprint density at radius 3 is 2.67 bits per heavy atom. The fourth-order valence-corrected chi connectivity index (χ4v) is 3.48. The third kappa shape index (κ3) is 1.13. The molecule has 0 saturated heterocycles. The van der Waals surface area contributed by atoms with Gasteiger partial charge >= 0.3 is 0 Å². The van der Waals surface area contributed by atoms with Crippen LogP contribution in [0.3, 0.4) is 0 Å². The van der Waals surface area contributed by atoms with Gasteiger partial charge in [0.25, 0.3) is 0 Å². The second-order valence-electron chi connectivity index (χ2n) is 5.24. The monoisotopic (exact) mass is 202 g/mol. The van der Waals surface area contributed by atoms with Crippen molar-refractivity contribution in [3.63, 3.8) is 0 Å². The van der Waals surface area contributed by atoms with E-state index in [1.165, 1.54) is 29.5 Å². The fraction of sp³-hybridized carbons (Fsp3) is 0.571. The molecular weight excluding hydrogens is 184 g/mol. The van der Waals surface area contributed by atoms with Gasteiger partial charge in [0.1, 0.15) is 0 Å². The Hall–Kier alpha value is -0.820. The average Bonchev–Trinajstić information content (AvgIpc) is 2.50. The van der Waals surface area contributed by atoms with E-state index in [9.17, 15) is 5.11 Å². The Morgan fingerprint density at radius 1 is 1.13 bits per heavy atom. The summed E-state index contributed by atoms with van der Waals surface area (Å²) in [7, 11) is 0. The maximum atomic E-state index is 10.2. The molecule has 4 unspecified atom stereocenters. The molecule has 0 radical (unpaired) electrons. The summed E-state index contributed by atoms with van der Waals surface area (Å²) in [4.78, 5) is 0. The summed E-state index contributed by atoms with van der Waals surface area (Å²) in [5.41, 5.74) is 4.18. The smallest absolute Gasteiger partial charge is 0.0824 e. The highest BCUT2D eigenvalue weighted by Crippen LogP contribution is 2.53. The molecule has 3 rings (SSSR count). The number of rotatable bonds is 0. The van der Waals surface area contributed by atoms with E-state index in [1.807, 2.05) is 0 Å². The van der Waals surface area contributed by atoms with Gasteiger partial charge in [-0.3, -0.25) is 0 Å². The van der Waals surface area contributed by atoms with Crippen molar-refractivity contribution in [1.29, 1.82) is 0 Å². The van der Waals surface area contributed by atoms with E-state index in [0.717, 1.165) is 0 Å². The molecule has 2 aliphatic carbocycles. The molecule has 0 fully saturated rings. The molecule has 2 aliphatic rings. The molecule has 1 nitrogen and oxygen atoms in total. The van der Waals surface area contributed by atoms with Crippen LogP contribution in [0.1, 0.15) is 61.3 Å². The van der Waals surface area contributed by atoms with Crippen LogP contribution < -0.4 is 0 Å². The minimum absolute atomic E-state index is 0.227. The molecule has 0 bridgehead atoms. The van der Waals surface area contributed by atoms with Crippen LogP contribution in [0.4, 0.5) is 0 Å². The van der Waals surface area contributed by atoms with Crippen LogP contribution in [-0.4, -0.2) is 5.11 Å². The first-order chi connectivity index (χ1) is 7.20. The first kappa shape index (κ1) is 9.41. The average molecular weight is 202 g/mol. The van der Waals surface area contributed by atoms with Crippen LogP contribution in [0, 0.1) is 5.92 Å². The van der Waals surface area contributed by atoms with Crippen molar-refractivity contribution in [3.05, 3.63) is 34.9 Å². The van der Waals surface area contributed by atoms with Gasteiger partial charge in [0, 0.05) is 0 Å². The summed E-state index contributed by atoms with van der Waals surface area (Å²) in [5, 5.41) is 10.2. The number of aliphatic hydroxyl groups is 1. The highest BCUT2D eigenvalue weighted by molar-refractivity contribution is 5.47. The van der Waals surface area contributed by atoms with Crippen molar-refractivity contribution in [2.45, 2.75) is 44.6 Å². The molecule has 4 atom stereocenters. The molecule has 0 aromatic heterocycles. The predicted octanol–water partition coefficient (Wildman–Crippen LogP) is 3.35. The summed E-state index contributed by atoms with van der Waals surface area (Å²) >= 11 is 0. The largest absolute Gasteiger partial charge is 0.388 e. The van der Waals surface area contributed by atoms with Crippen molar-refractivity contribution in [1.82, 2.24) is 0 Å². The van der Waals surface area contributed by atoms with Gasteiger partial charge in [0.2, 0.25) is 0 Å². The Morgan fingerprint density at radius 2 is 1.87 bits per heavy atom. The lowest BCUT2D eigenvalue weighted by molar-refractivity contribution is 0.118. The molecule has 1 heteroatoms. The van der Waals surface area contributed by atoms with Crippen molar-refractivity contribution >= 4 is 0 Å². The highest BCUT2D eigenvalue weighted by Gasteiger charge is 2.40. The zero-order valence-corrected chi connectivity index (χ0v) is 9.40. The fourth-order valence-electron chi connectivity index (χ4n) is 3.48. The minimum Gasteiger partial charge on any atom is -0.388 e. The topological polar surface area (TPSA) is 20.2 Å². The Bertz CT molecular complexity index is 396. The second kappa shape index (κ2) is 3.08.